The molecule has 130 valence electrons. The van der Waals surface area contributed by atoms with Gasteiger partial charge in [-0.05, 0) is 46.3 Å². The first-order chi connectivity index (χ1) is 10.7. The number of halogens is 7. The van der Waals surface area contributed by atoms with Crippen LogP contribution in [-0.2, 0) is 0 Å². The molecular weight excluding hydrogens is 426 g/mol. The van der Waals surface area contributed by atoms with Gasteiger partial charge in [-0.3, -0.25) is 9.59 Å². The summed E-state index contributed by atoms with van der Waals surface area (Å²) in [5.74, 6) is -3.39. The lowest BCUT2D eigenvalue weighted by molar-refractivity contribution is 0.0816. The SMILES string of the molecule is O=C(C(=O)c1ccc(F)c(Br)c1)c1cccc(S(F)(F)(F)(F)F)c1. The van der Waals surface area contributed by atoms with Crippen molar-refractivity contribution in [3.05, 3.63) is 63.9 Å². The van der Waals surface area contributed by atoms with Crippen LogP contribution in [0.5, 0.6) is 0 Å². The van der Waals surface area contributed by atoms with Gasteiger partial charge in [-0.2, -0.15) is 0 Å². The van der Waals surface area contributed by atoms with Crippen LogP contribution < -0.4 is 0 Å². The fourth-order valence-electron chi connectivity index (χ4n) is 1.78. The molecule has 2 aromatic carbocycles. The Morgan fingerprint density at radius 1 is 0.833 bits per heavy atom. The highest BCUT2D eigenvalue weighted by atomic mass is 79.9. The van der Waals surface area contributed by atoms with Gasteiger partial charge in [0.15, 0.2) is 0 Å². The van der Waals surface area contributed by atoms with E-state index in [1.807, 2.05) is 0 Å². The molecule has 0 aromatic heterocycles. The molecule has 24 heavy (non-hydrogen) atoms. The molecule has 0 aliphatic rings. The van der Waals surface area contributed by atoms with Crippen molar-refractivity contribution < 1.29 is 33.4 Å². The quantitative estimate of drug-likeness (QED) is 0.322. The Bertz CT molecular complexity index is 864. The van der Waals surface area contributed by atoms with Crippen molar-refractivity contribution in [1.29, 1.82) is 0 Å². The number of hydrogen-bond acceptors (Lipinski definition) is 2. The molecule has 0 saturated heterocycles. The van der Waals surface area contributed by atoms with E-state index in [0.717, 1.165) is 24.3 Å². The molecular formula is C14H7BrF6O2S. The van der Waals surface area contributed by atoms with Gasteiger partial charge >= 0.3 is 10.2 Å². The van der Waals surface area contributed by atoms with E-state index in [9.17, 15) is 33.4 Å². The maximum absolute atomic E-state index is 13.1. The number of carbonyl (C=O) groups is 2. The predicted molar refractivity (Wildman–Crippen MR) is 80.6 cm³/mol. The molecule has 0 amide bonds. The van der Waals surface area contributed by atoms with Crippen LogP contribution in [0, 0.1) is 5.82 Å². The molecule has 0 radical (unpaired) electrons. The van der Waals surface area contributed by atoms with E-state index in [-0.39, 0.29) is 22.2 Å². The minimum atomic E-state index is -9.97. The number of benzene rings is 2. The molecule has 0 atom stereocenters. The maximum atomic E-state index is 13.1. The van der Waals surface area contributed by atoms with Crippen molar-refractivity contribution in [3.8, 4) is 0 Å². The Morgan fingerprint density at radius 2 is 1.38 bits per heavy atom. The number of hydrogen-bond donors (Lipinski definition) is 0. The predicted octanol–water partition coefficient (Wildman–Crippen LogP) is 6.31. The molecule has 0 spiro atoms. The zero-order valence-corrected chi connectivity index (χ0v) is 13.8. The van der Waals surface area contributed by atoms with Crippen LogP contribution >= 0.6 is 26.2 Å². The van der Waals surface area contributed by atoms with Gasteiger partial charge in [-0.15, -0.1) is 0 Å². The van der Waals surface area contributed by atoms with Crippen molar-refractivity contribution in [3.63, 3.8) is 0 Å². The molecule has 0 heterocycles. The van der Waals surface area contributed by atoms with E-state index in [0.29, 0.717) is 6.07 Å². The number of carbonyl (C=O) groups excluding carboxylic acids is 2. The monoisotopic (exact) mass is 432 g/mol. The van der Waals surface area contributed by atoms with Crippen molar-refractivity contribution in [2.24, 2.45) is 0 Å². The summed E-state index contributed by atoms with van der Waals surface area (Å²) in [5.41, 5.74) is -1.14. The van der Waals surface area contributed by atoms with Crippen molar-refractivity contribution in [2.45, 2.75) is 4.90 Å². The Kier molecular flexibility index (Phi) is 3.93. The van der Waals surface area contributed by atoms with Crippen LogP contribution in [0.15, 0.2) is 51.8 Å². The largest absolute Gasteiger partial charge is 0.310 e. The molecule has 10 heteroatoms. The van der Waals surface area contributed by atoms with Crippen molar-refractivity contribution >= 4 is 37.7 Å². The van der Waals surface area contributed by atoms with Crippen LogP contribution in [-0.4, -0.2) is 11.6 Å². The molecule has 0 saturated carbocycles. The summed E-state index contributed by atoms with van der Waals surface area (Å²) >= 11 is 2.79. The molecule has 2 aromatic rings. The van der Waals surface area contributed by atoms with Crippen LogP contribution in [0.1, 0.15) is 20.7 Å². The maximum Gasteiger partial charge on any atom is 0.310 e. The average Bonchev–Trinajstić information content (AvgIpc) is 2.46. The molecule has 0 bridgehead atoms. The fraction of sp³-hybridized carbons (Fsp3) is 0. The van der Waals surface area contributed by atoms with E-state index >= 15 is 0 Å². The minimum absolute atomic E-state index is 0.0691. The fourth-order valence-corrected chi connectivity index (χ4v) is 2.84. The normalized spacial score (nSPS) is 14.6. The van der Waals surface area contributed by atoms with Gasteiger partial charge < -0.3 is 0 Å². The Balaban J connectivity index is 2.44. The van der Waals surface area contributed by atoms with Gasteiger partial charge in [0.1, 0.15) is 10.7 Å². The second-order valence-corrected chi connectivity index (χ2v) is 8.05. The summed E-state index contributed by atoms with van der Waals surface area (Å²) in [6, 6.07) is 4.26. The van der Waals surface area contributed by atoms with Gasteiger partial charge in [-0.1, -0.05) is 31.6 Å². The third-order valence-electron chi connectivity index (χ3n) is 2.93. The molecule has 0 unspecified atom stereocenters. The Labute approximate surface area is 140 Å². The van der Waals surface area contributed by atoms with Gasteiger partial charge in [0.25, 0.3) is 0 Å². The number of Topliss-reactive ketones (excluding diaryl/α,β-unsaturated/α-hetero) is 2. The number of rotatable bonds is 4. The Hall–Kier alpha value is -1.81. The van der Waals surface area contributed by atoms with Gasteiger partial charge in [-0.25, -0.2) is 4.39 Å². The molecule has 0 fully saturated rings. The highest BCUT2D eigenvalue weighted by Gasteiger charge is 2.65. The highest BCUT2D eigenvalue weighted by molar-refractivity contribution is 9.10. The summed E-state index contributed by atoms with van der Waals surface area (Å²) in [4.78, 5) is 21.7. The lowest BCUT2D eigenvalue weighted by atomic mass is 10.0. The summed E-state index contributed by atoms with van der Waals surface area (Å²) in [7, 11) is -9.97. The lowest BCUT2D eigenvalue weighted by Gasteiger charge is -2.40. The molecule has 0 aliphatic heterocycles. The van der Waals surface area contributed by atoms with Crippen LogP contribution in [0.4, 0.5) is 23.8 Å². The van der Waals surface area contributed by atoms with E-state index in [2.05, 4.69) is 15.9 Å². The summed E-state index contributed by atoms with van der Waals surface area (Å²) in [5, 5.41) is 0. The van der Waals surface area contributed by atoms with E-state index in [1.165, 1.54) is 0 Å². The summed E-state index contributed by atoms with van der Waals surface area (Å²) in [6.45, 7) is 0. The third kappa shape index (κ3) is 3.99. The smallest absolute Gasteiger partial charge is 0.285 e. The molecule has 2 nitrogen and oxygen atoms in total. The first-order valence-corrected chi connectivity index (χ1v) is 8.82. The van der Waals surface area contributed by atoms with Crippen molar-refractivity contribution in [1.82, 2.24) is 0 Å². The first kappa shape index (κ1) is 18.5. The topological polar surface area (TPSA) is 34.1 Å². The Morgan fingerprint density at radius 3 is 1.88 bits per heavy atom. The highest BCUT2D eigenvalue weighted by Crippen LogP contribution is 3.02. The second kappa shape index (κ2) is 5.09. The van der Waals surface area contributed by atoms with E-state index < -0.39 is 38.1 Å². The second-order valence-electron chi connectivity index (χ2n) is 4.78. The molecule has 2 rings (SSSR count). The van der Waals surface area contributed by atoms with Crippen LogP contribution in [0.3, 0.4) is 0 Å². The standard InChI is InChI=1S/C14H7BrF6O2S/c15-11-7-9(4-5-12(11)16)14(23)13(22)8-2-1-3-10(6-8)24(17,18,19,20)21/h1-7H. The molecule has 0 N–H and O–H groups in total. The number of ketones is 2. The van der Waals surface area contributed by atoms with E-state index in [4.69, 9.17) is 0 Å². The van der Waals surface area contributed by atoms with Gasteiger partial charge in [0.2, 0.25) is 11.6 Å². The average molecular weight is 433 g/mol. The zero-order chi connectivity index (χ0) is 18.4. The lowest BCUT2D eigenvalue weighted by Crippen LogP contribution is -2.16. The van der Waals surface area contributed by atoms with Crippen LogP contribution in [0.25, 0.3) is 0 Å². The van der Waals surface area contributed by atoms with Gasteiger partial charge in [0, 0.05) is 11.1 Å². The van der Waals surface area contributed by atoms with Crippen LogP contribution in [0.2, 0.25) is 0 Å². The van der Waals surface area contributed by atoms with Crippen molar-refractivity contribution in [2.75, 3.05) is 0 Å². The minimum Gasteiger partial charge on any atom is -0.285 e. The summed E-state index contributed by atoms with van der Waals surface area (Å²) in [6.07, 6.45) is 0. The zero-order valence-electron chi connectivity index (χ0n) is 11.4. The molecule has 0 aliphatic carbocycles. The third-order valence-corrected chi connectivity index (χ3v) is 4.68. The van der Waals surface area contributed by atoms with Gasteiger partial charge in [0.05, 0.1) is 4.47 Å². The van der Waals surface area contributed by atoms with E-state index in [1.54, 1.807) is 0 Å². The first-order valence-electron chi connectivity index (χ1n) is 6.07. The summed E-state index contributed by atoms with van der Waals surface area (Å²) < 4.78 is 76.8.